The molecule has 41 heavy (non-hydrogen) atoms. The maximum Gasteiger partial charge on any atom is 0.379 e. The number of methoxy groups -OCH3 is 3. The van der Waals surface area contributed by atoms with Crippen LogP contribution in [0.5, 0.6) is 23.0 Å². The second-order valence-corrected chi connectivity index (χ2v) is 10.2. The normalized spacial score (nSPS) is 11.1. The number of furan rings is 1. The van der Waals surface area contributed by atoms with Crippen LogP contribution in [0.25, 0.3) is 22.3 Å². The van der Waals surface area contributed by atoms with Crippen LogP contribution in [0.1, 0.15) is 16.1 Å². The van der Waals surface area contributed by atoms with Gasteiger partial charge in [0.15, 0.2) is 23.1 Å². The largest absolute Gasteiger partial charge is 0.493 e. The number of ether oxygens (including phenoxy) is 4. The maximum atomic E-state index is 13.7. The summed E-state index contributed by atoms with van der Waals surface area (Å²) < 4.78 is 29.6. The van der Waals surface area contributed by atoms with E-state index in [4.69, 9.17) is 28.3 Å². The zero-order chi connectivity index (χ0) is 29.1. The molecule has 0 saturated heterocycles. The highest BCUT2D eigenvalue weighted by Crippen LogP contribution is 2.41. The molecule has 12 heteroatoms. The van der Waals surface area contributed by atoms with E-state index in [9.17, 15) is 9.59 Å². The molecule has 208 valence electrons. The highest BCUT2D eigenvalue weighted by molar-refractivity contribution is 9.11. The van der Waals surface area contributed by atoms with E-state index in [0.29, 0.717) is 48.2 Å². The monoisotopic (exact) mass is 681 g/mol. The molecule has 0 aliphatic carbocycles. The van der Waals surface area contributed by atoms with Crippen LogP contribution < -0.4 is 24.5 Å². The summed E-state index contributed by atoms with van der Waals surface area (Å²) in [5.74, 6) is 0.865. The van der Waals surface area contributed by atoms with Gasteiger partial charge < -0.3 is 23.4 Å². The Kier molecular flexibility index (Phi) is 8.22. The molecule has 10 nitrogen and oxygen atoms in total. The van der Waals surface area contributed by atoms with Crippen LogP contribution in [-0.4, -0.2) is 43.2 Å². The Balaban J connectivity index is 1.69. The number of fused-ring (bicyclic) bond motifs is 1. The van der Waals surface area contributed by atoms with E-state index in [1.807, 2.05) is 0 Å². The van der Waals surface area contributed by atoms with Crippen LogP contribution in [0.2, 0.25) is 0 Å². The summed E-state index contributed by atoms with van der Waals surface area (Å²) in [5, 5.41) is 4.88. The summed E-state index contributed by atoms with van der Waals surface area (Å²) in [6, 6.07) is 16.8. The van der Waals surface area contributed by atoms with E-state index in [2.05, 4.69) is 37.0 Å². The summed E-state index contributed by atoms with van der Waals surface area (Å²) >= 11 is 6.89. The molecule has 0 amide bonds. The van der Waals surface area contributed by atoms with Crippen molar-refractivity contribution in [1.82, 2.24) is 9.66 Å². The zero-order valence-electron chi connectivity index (χ0n) is 21.9. The third-order valence-electron chi connectivity index (χ3n) is 5.94. The Morgan fingerprint density at radius 1 is 0.951 bits per heavy atom. The first kappa shape index (κ1) is 28.1. The van der Waals surface area contributed by atoms with Crippen molar-refractivity contribution >= 4 is 54.9 Å². The number of carbonyl (C=O) groups excluding carboxylic acids is 1. The first-order valence-electron chi connectivity index (χ1n) is 12.0. The lowest BCUT2D eigenvalue weighted by atomic mass is 10.1. The predicted molar refractivity (Wildman–Crippen MR) is 160 cm³/mol. The molecule has 0 unspecified atom stereocenters. The molecule has 5 aromatic rings. The van der Waals surface area contributed by atoms with Gasteiger partial charge in [-0.2, -0.15) is 9.78 Å². The number of hydrogen-bond donors (Lipinski definition) is 0. The molecular weight excluding hydrogens is 662 g/mol. The fourth-order valence-corrected chi connectivity index (χ4v) is 5.41. The van der Waals surface area contributed by atoms with Crippen LogP contribution in [-0.2, 0) is 0 Å². The van der Waals surface area contributed by atoms with Crippen molar-refractivity contribution in [2.75, 3.05) is 21.3 Å². The Morgan fingerprint density at radius 3 is 2.34 bits per heavy atom. The average Bonchev–Trinajstić information content (AvgIpc) is 3.52. The topological polar surface area (TPSA) is 114 Å². The first-order valence-corrected chi connectivity index (χ1v) is 13.5. The summed E-state index contributed by atoms with van der Waals surface area (Å²) in [6.07, 6.45) is 2.78. The van der Waals surface area contributed by atoms with E-state index in [1.165, 1.54) is 39.9 Å². The molecule has 5 rings (SSSR count). The lowest BCUT2D eigenvalue weighted by Gasteiger charge is -2.15. The SMILES string of the molecule is COc1cc(-c2nc3ccccc3c(=O)n2N=Cc2cc(Br)cc(Br)c2OC(=O)c2ccco2)cc(OC)c1OC. The van der Waals surface area contributed by atoms with Gasteiger partial charge in [0, 0.05) is 15.6 Å². The van der Waals surface area contributed by atoms with Gasteiger partial charge >= 0.3 is 5.97 Å². The van der Waals surface area contributed by atoms with Crippen molar-refractivity contribution in [3.05, 3.63) is 97.5 Å². The van der Waals surface area contributed by atoms with Crippen molar-refractivity contribution in [1.29, 1.82) is 0 Å². The second-order valence-electron chi connectivity index (χ2n) is 8.40. The van der Waals surface area contributed by atoms with Crippen LogP contribution in [0.15, 0.2) is 90.2 Å². The smallest absolute Gasteiger partial charge is 0.379 e. The minimum atomic E-state index is -0.699. The molecule has 0 N–H and O–H groups in total. The molecule has 0 aliphatic rings. The van der Waals surface area contributed by atoms with E-state index >= 15 is 0 Å². The van der Waals surface area contributed by atoms with Gasteiger partial charge in [-0.25, -0.2) is 9.78 Å². The summed E-state index contributed by atoms with van der Waals surface area (Å²) in [5.41, 5.74) is 0.936. The van der Waals surface area contributed by atoms with Gasteiger partial charge in [-0.1, -0.05) is 28.1 Å². The number of carbonyl (C=O) groups is 1. The fraction of sp³-hybridized carbons (Fsp3) is 0.103. The maximum absolute atomic E-state index is 13.7. The van der Waals surface area contributed by atoms with E-state index in [0.717, 1.165) is 4.68 Å². The molecule has 3 aromatic carbocycles. The number of benzene rings is 3. The standard InChI is InChI=1S/C29H21Br2N3O7/c1-37-23-12-16(13-24(38-2)26(23)39-3)27-33-21-8-5-4-7-19(21)28(35)34(27)32-15-17-11-18(30)14-20(31)25(17)41-29(36)22-9-6-10-40-22/h4-15H,1-3H3. The van der Waals surface area contributed by atoms with Crippen molar-refractivity contribution in [2.24, 2.45) is 5.10 Å². The zero-order valence-corrected chi connectivity index (χ0v) is 25.1. The van der Waals surface area contributed by atoms with Gasteiger partial charge in [0.05, 0.1) is 49.2 Å². The highest BCUT2D eigenvalue weighted by Gasteiger charge is 2.20. The van der Waals surface area contributed by atoms with Gasteiger partial charge in [-0.3, -0.25) is 4.79 Å². The molecule has 0 spiro atoms. The Hall–Kier alpha value is -4.42. The molecule has 0 fully saturated rings. The third-order valence-corrected chi connectivity index (χ3v) is 6.99. The van der Waals surface area contributed by atoms with Gasteiger partial charge in [0.1, 0.15) is 0 Å². The highest BCUT2D eigenvalue weighted by atomic mass is 79.9. The molecular formula is C29H21Br2N3O7. The molecule has 0 saturated carbocycles. The minimum absolute atomic E-state index is 0.0299. The Bertz CT molecular complexity index is 1830. The van der Waals surface area contributed by atoms with E-state index in [1.54, 1.807) is 54.6 Å². The Labute approximate surface area is 250 Å². The molecule has 0 aliphatic heterocycles. The first-order chi connectivity index (χ1) is 19.8. The fourth-order valence-electron chi connectivity index (χ4n) is 4.07. The number of para-hydroxylation sites is 1. The second kappa shape index (κ2) is 12.0. The van der Waals surface area contributed by atoms with Crippen LogP contribution in [0.4, 0.5) is 0 Å². The van der Waals surface area contributed by atoms with Crippen molar-refractivity contribution in [2.45, 2.75) is 0 Å². The number of rotatable bonds is 8. The van der Waals surface area contributed by atoms with E-state index < -0.39 is 11.5 Å². The van der Waals surface area contributed by atoms with Crippen LogP contribution in [0.3, 0.4) is 0 Å². The number of nitrogens with zero attached hydrogens (tertiary/aromatic N) is 3. The van der Waals surface area contributed by atoms with Crippen molar-refractivity contribution < 1.29 is 28.2 Å². The van der Waals surface area contributed by atoms with Crippen molar-refractivity contribution in [3.63, 3.8) is 0 Å². The molecule has 0 atom stereocenters. The van der Waals surface area contributed by atoms with Gasteiger partial charge in [0.2, 0.25) is 11.5 Å². The molecule has 2 heterocycles. The van der Waals surface area contributed by atoms with Gasteiger partial charge in [-0.15, -0.1) is 0 Å². The summed E-state index contributed by atoms with van der Waals surface area (Å²) in [6.45, 7) is 0. The minimum Gasteiger partial charge on any atom is -0.493 e. The lowest BCUT2D eigenvalue weighted by molar-refractivity contribution is 0.0700. The average molecular weight is 683 g/mol. The van der Waals surface area contributed by atoms with Crippen molar-refractivity contribution in [3.8, 4) is 34.4 Å². The number of hydrogen-bond acceptors (Lipinski definition) is 9. The van der Waals surface area contributed by atoms with Crippen LogP contribution in [0, 0.1) is 0 Å². The molecule has 0 radical (unpaired) electrons. The summed E-state index contributed by atoms with van der Waals surface area (Å²) in [7, 11) is 4.49. The lowest BCUT2D eigenvalue weighted by Crippen LogP contribution is -2.20. The van der Waals surface area contributed by atoms with Crippen LogP contribution >= 0.6 is 31.9 Å². The predicted octanol–water partition coefficient (Wildman–Crippen LogP) is 6.31. The number of esters is 1. The Morgan fingerprint density at radius 2 is 1.68 bits per heavy atom. The number of aromatic nitrogens is 2. The quantitative estimate of drug-likeness (QED) is 0.106. The molecule has 2 aromatic heterocycles. The van der Waals surface area contributed by atoms with Gasteiger partial charge in [-0.05, 0) is 64.5 Å². The third kappa shape index (κ3) is 5.61. The number of halogens is 2. The van der Waals surface area contributed by atoms with E-state index in [-0.39, 0.29) is 17.3 Å². The molecule has 0 bridgehead atoms. The summed E-state index contributed by atoms with van der Waals surface area (Å²) in [4.78, 5) is 31.1. The van der Waals surface area contributed by atoms with Gasteiger partial charge in [0.25, 0.3) is 5.56 Å².